The number of fused-ring (bicyclic) bond motifs is 5. The predicted octanol–water partition coefficient (Wildman–Crippen LogP) is 2.93. The van der Waals surface area contributed by atoms with Crippen molar-refractivity contribution in [3.8, 4) is 11.8 Å². The lowest BCUT2D eigenvalue weighted by molar-refractivity contribution is -0.137. The molecule has 1 aromatic rings. The van der Waals surface area contributed by atoms with E-state index >= 15 is 0 Å². The van der Waals surface area contributed by atoms with E-state index in [1.165, 1.54) is 0 Å². The maximum atomic E-state index is 10.5. The van der Waals surface area contributed by atoms with Crippen LogP contribution in [0.25, 0.3) is 0 Å². The van der Waals surface area contributed by atoms with Crippen molar-refractivity contribution in [3.05, 3.63) is 23.3 Å². The molecule has 5 heteroatoms. The number of hydrogen-bond donors (Lipinski definition) is 3. The average Bonchev–Trinajstić information content (AvgIpc) is 3.02. The van der Waals surface area contributed by atoms with Crippen LogP contribution in [0.5, 0.6) is 11.8 Å². The Hall–Kier alpha value is -1.91. The Morgan fingerprint density at radius 3 is 2.19 bits per heavy atom. The van der Waals surface area contributed by atoms with Gasteiger partial charge in [-0.3, -0.25) is 9.36 Å². The van der Waals surface area contributed by atoms with Crippen molar-refractivity contribution in [1.29, 1.82) is 0 Å². The fourth-order valence-electron chi connectivity index (χ4n) is 3.76. The van der Waals surface area contributed by atoms with Crippen LogP contribution in [-0.4, -0.2) is 25.9 Å². The van der Waals surface area contributed by atoms with E-state index in [-0.39, 0.29) is 30.0 Å². The van der Waals surface area contributed by atoms with Crippen molar-refractivity contribution in [2.75, 3.05) is 0 Å². The number of allylic oxidation sites excluding steroid dienone is 2. The molecule has 5 nitrogen and oxygen atoms in total. The van der Waals surface area contributed by atoms with Gasteiger partial charge < -0.3 is 15.3 Å². The Balaban J connectivity index is 1.69. The van der Waals surface area contributed by atoms with Crippen LogP contribution in [0.1, 0.15) is 55.6 Å². The second-order valence-corrected chi connectivity index (χ2v) is 6.13. The Bertz CT molecular complexity index is 564. The van der Waals surface area contributed by atoms with Gasteiger partial charge in [-0.15, -0.1) is 0 Å². The van der Waals surface area contributed by atoms with Gasteiger partial charge in [0.2, 0.25) is 0 Å². The molecule has 0 radical (unpaired) electrons. The molecule has 114 valence electrons. The molecule has 0 spiro atoms. The molecule has 0 amide bonds. The molecule has 2 bridgehead atoms. The molecule has 0 aromatic carbocycles. The molecule has 3 rings (SSSR count). The third-order valence-electron chi connectivity index (χ3n) is 4.88. The van der Waals surface area contributed by atoms with Crippen molar-refractivity contribution in [2.45, 2.75) is 51.0 Å². The summed E-state index contributed by atoms with van der Waals surface area (Å²) in [5.74, 6) is 0.427. The minimum atomic E-state index is -0.780. The Morgan fingerprint density at radius 1 is 1.10 bits per heavy atom. The van der Waals surface area contributed by atoms with Crippen LogP contribution in [0.3, 0.4) is 0 Å². The van der Waals surface area contributed by atoms with Crippen molar-refractivity contribution < 1.29 is 20.1 Å². The third-order valence-corrected chi connectivity index (χ3v) is 4.88. The van der Waals surface area contributed by atoms with Gasteiger partial charge in [0.25, 0.3) is 0 Å². The van der Waals surface area contributed by atoms with Gasteiger partial charge in [-0.05, 0) is 18.8 Å². The van der Waals surface area contributed by atoms with Crippen molar-refractivity contribution >= 4 is 5.97 Å². The molecular weight excluding hydrogens is 270 g/mol. The fourth-order valence-corrected chi connectivity index (χ4v) is 3.76. The number of hydrogen-bond acceptors (Lipinski definition) is 3. The standard InChI is InChI=1S/C16H21NO4/c1-9-10-6-7-11(9)14-13(10)15(20)17(16(14)21)8-4-2-3-5-12(18)19/h6-7,9-11,20-21H,2-5,8H2,1H3,(H,18,19). The number of carboxylic acids is 1. The van der Waals surface area contributed by atoms with Gasteiger partial charge in [0.05, 0.1) is 0 Å². The molecule has 2 aliphatic rings. The van der Waals surface area contributed by atoms with Crippen LogP contribution in [0, 0.1) is 5.92 Å². The number of nitrogens with zero attached hydrogens (tertiary/aromatic N) is 1. The summed E-state index contributed by atoms with van der Waals surface area (Å²) >= 11 is 0. The van der Waals surface area contributed by atoms with Crippen LogP contribution in [0.2, 0.25) is 0 Å². The van der Waals surface area contributed by atoms with Gasteiger partial charge in [0, 0.05) is 35.9 Å². The molecule has 0 fully saturated rings. The predicted molar refractivity (Wildman–Crippen MR) is 77.7 cm³/mol. The first-order chi connectivity index (χ1) is 10.0. The van der Waals surface area contributed by atoms with E-state index in [1.54, 1.807) is 4.57 Å². The summed E-state index contributed by atoms with van der Waals surface area (Å²) in [5, 5.41) is 29.4. The minimum Gasteiger partial charge on any atom is -0.494 e. The quantitative estimate of drug-likeness (QED) is 0.556. The monoisotopic (exact) mass is 291 g/mol. The highest BCUT2D eigenvalue weighted by atomic mass is 16.4. The molecule has 2 aliphatic carbocycles. The van der Waals surface area contributed by atoms with E-state index in [9.17, 15) is 15.0 Å². The second kappa shape index (κ2) is 5.13. The summed E-state index contributed by atoms with van der Waals surface area (Å²) in [7, 11) is 0. The van der Waals surface area contributed by atoms with E-state index in [2.05, 4.69) is 19.1 Å². The number of aliphatic carboxylic acids is 1. The summed E-state index contributed by atoms with van der Waals surface area (Å²) < 4.78 is 1.57. The van der Waals surface area contributed by atoms with E-state index < -0.39 is 5.97 Å². The van der Waals surface area contributed by atoms with Crippen molar-refractivity contribution in [2.24, 2.45) is 5.92 Å². The highest BCUT2D eigenvalue weighted by Gasteiger charge is 2.45. The molecule has 1 heterocycles. The van der Waals surface area contributed by atoms with Crippen molar-refractivity contribution in [1.82, 2.24) is 4.57 Å². The summed E-state index contributed by atoms with van der Waals surface area (Å²) in [4.78, 5) is 10.5. The normalized spacial score (nSPS) is 25.5. The first-order valence-electron chi connectivity index (χ1n) is 7.56. The van der Waals surface area contributed by atoms with Crippen LogP contribution in [0.15, 0.2) is 12.2 Å². The fraction of sp³-hybridized carbons (Fsp3) is 0.562. The summed E-state index contributed by atoms with van der Waals surface area (Å²) in [6.07, 6.45) is 6.56. The maximum Gasteiger partial charge on any atom is 0.303 e. The van der Waals surface area contributed by atoms with Gasteiger partial charge >= 0.3 is 5.97 Å². The average molecular weight is 291 g/mol. The largest absolute Gasteiger partial charge is 0.494 e. The van der Waals surface area contributed by atoms with Crippen LogP contribution in [-0.2, 0) is 11.3 Å². The molecule has 21 heavy (non-hydrogen) atoms. The number of unbranched alkanes of at least 4 members (excludes halogenated alkanes) is 2. The summed E-state index contributed by atoms with van der Waals surface area (Å²) in [5.41, 5.74) is 1.77. The molecule has 0 aliphatic heterocycles. The van der Waals surface area contributed by atoms with Crippen LogP contribution in [0.4, 0.5) is 0 Å². The zero-order valence-corrected chi connectivity index (χ0v) is 12.1. The van der Waals surface area contributed by atoms with E-state index in [0.29, 0.717) is 18.9 Å². The number of carboxylic acid groups (broad SMARTS) is 1. The van der Waals surface area contributed by atoms with Gasteiger partial charge in [0.1, 0.15) is 0 Å². The van der Waals surface area contributed by atoms with Gasteiger partial charge in [-0.2, -0.15) is 0 Å². The van der Waals surface area contributed by atoms with E-state index in [1.807, 2.05) is 0 Å². The van der Waals surface area contributed by atoms with E-state index in [0.717, 1.165) is 24.0 Å². The topological polar surface area (TPSA) is 82.7 Å². The van der Waals surface area contributed by atoms with E-state index in [4.69, 9.17) is 5.11 Å². The lowest BCUT2D eigenvalue weighted by Gasteiger charge is -2.13. The summed E-state index contributed by atoms with van der Waals surface area (Å²) in [6.45, 7) is 2.67. The van der Waals surface area contributed by atoms with Crippen molar-refractivity contribution in [3.63, 3.8) is 0 Å². The number of carbonyl (C=O) groups is 1. The number of aromatic hydroxyl groups is 2. The van der Waals surface area contributed by atoms with Crippen LogP contribution >= 0.6 is 0 Å². The molecular formula is C16H21NO4. The first kappa shape index (κ1) is 14.0. The first-order valence-corrected chi connectivity index (χ1v) is 7.56. The highest BCUT2D eigenvalue weighted by Crippen LogP contribution is 2.59. The smallest absolute Gasteiger partial charge is 0.303 e. The van der Waals surface area contributed by atoms with Crippen LogP contribution < -0.4 is 0 Å². The molecule has 2 unspecified atom stereocenters. The molecule has 0 saturated carbocycles. The zero-order valence-electron chi connectivity index (χ0n) is 12.1. The lowest BCUT2D eigenvalue weighted by atomic mass is 9.96. The third kappa shape index (κ3) is 2.11. The zero-order chi connectivity index (χ0) is 15.1. The van der Waals surface area contributed by atoms with Gasteiger partial charge in [-0.25, -0.2) is 0 Å². The SMILES string of the molecule is CC1C2C=CC1c1c2c(O)n(CCCCCC(=O)O)c1O. The molecule has 3 N–H and O–H groups in total. The molecule has 1 aromatic heterocycles. The molecule has 0 saturated heterocycles. The van der Waals surface area contributed by atoms with Gasteiger partial charge in [0.15, 0.2) is 11.8 Å². The Labute approximate surface area is 123 Å². The molecule has 2 atom stereocenters. The number of aromatic nitrogens is 1. The Morgan fingerprint density at radius 2 is 1.67 bits per heavy atom. The Kier molecular flexibility index (Phi) is 3.43. The second-order valence-electron chi connectivity index (χ2n) is 6.13. The number of rotatable bonds is 6. The maximum absolute atomic E-state index is 10.5. The highest BCUT2D eigenvalue weighted by molar-refractivity contribution is 5.66. The summed E-state index contributed by atoms with van der Waals surface area (Å²) in [6, 6.07) is 0. The van der Waals surface area contributed by atoms with Gasteiger partial charge in [-0.1, -0.05) is 25.5 Å². The lowest BCUT2D eigenvalue weighted by Crippen LogP contribution is -2.03. The minimum absolute atomic E-state index is 0.172.